The standard InChI is InChI=1S/C8H5F5INO/c9-6(10)3-1-15-7(14)5(4(3)2-16)8(11,12)13/h1,6,16H,2H2. The average molecular weight is 353 g/mol. The fourth-order valence-electron chi connectivity index (χ4n) is 1.18. The number of nitrogens with zero attached hydrogens (tertiary/aromatic N) is 1. The molecule has 90 valence electrons. The van der Waals surface area contributed by atoms with Crippen LogP contribution in [0.4, 0.5) is 22.0 Å². The molecule has 1 aromatic heterocycles. The molecule has 0 saturated heterocycles. The summed E-state index contributed by atoms with van der Waals surface area (Å²) in [6.45, 7) is -1.10. The highest BCUT2D eigenvalue weighted by Gasteiger charge is 2.38. The van der Waals surface area contributed by atoms with Gasteiger partial charge >= 0.3 is 6.18 Å². The van der Waals surface area contributed by atoms with E-state index in [1.807, 2.05) is 0 Å². The zero-order chi connectivity index (χ0) is 12.5. The van der Waals surface area contributed by atoms with Crippen LogP contribution in [0.1, 0.15) is 23.1 Å². The van der Waals surface area contributed by atoms with Crippen molar-refractivity contribution in [3.05, 3.63) is 26.6 Å². The van der Waals surface area contributed by atoms with Crippen molar-refractivity contribution in [2.24, 2.45) is 0 Å². The van der Waals surface area contributed by atoms with Gasteiger partial charge in [0.2, 0.25) is 0 Å². The number of alkyl halides is 5. The Morgan fingerprint density at radius 2 is 1.94 bits per heavy atom. The molecular weight excluding hydrogens is 348 g/mol. The zero-order valence-corrected chi connectivity index (χ0v) is 9.68. The molecule has 0 amide bonds. The smallest absolute Gasteiger partial charge is 0.392 e. The summed E-state index contributed by atoms with van der Waals surface area (Å²) in [6, 6.07) is 0. The van der Waals surface area contributed by atoms with E-state index in [2.05, 4.69) is 4.98 Å². The molecule has 0 radical (unpaired) electrons. The second kappa shape index (κ2) is 4.78. The molecule has 1 N–H and O–H groups in total. The number of pyridine rings is 1. The van der Waals surface area contributed by atoms with Crippen LogP contribution in [0.2, 0.25) is 0 Å². The lowest BCUT2D eigenvalue weighted by Gasteiger charge is -2.15. The highest BCUT2D eigenvalue weighted by atomic mass is 127. The molecule has 8 heteroatoms. The Hall–Kier alpha value is -0.510. The van der Waals surface area contributed by atoms with Crippen LogP contribution in [0.15, 0.2) is 6.20 Å². The highest BCUT2D eigenvalue weighted by Crippen LogP contribution is 2.38. The maximum atomic E-state index is 12.5. The van der Waals surface area contributed by atoms with Gasteiger partial charge in [0.15, 0.2) is 0 Å². The van der Waals surface area contributed by atoms with Gasteiger partial charge in [-0.2, -0.15) is 13.2 Å². The van der Waals surface area contributed by atoms with Crippen molar-refractivity contribution in [3.8, 4) is 0 Å². The van der Waals surface area contributed by atoms with Crippen LogP contribution in [0.5, 0.6) is 0 Å². The van der Waals surface area contributed by atoms with Crippen molar-refractivity contribution in [2.75, 3.05) is 0 Å². The third-order valence-corrected chi connectivity index (χ3v) is 2.67. The van der Waals surface area contributed by atoms with Crippen molar-refractivity contribution >= 4 is 22.6 Å². The molecule has 0 aliphatic rings. The Bertz CT molecular complexity index is 393. The molecule has 16 heavy (non-hydrogen) atoms. The van der Waals surface area contributed by atoms with E-state index in [1.54, 1.807) is 0 Å². The summed E-state index contributed by atoms with van der Waals surface area (Å²) in [7, 11) is 0. The van der Waals surface area contributed by atoms with E-state index >= 15 is 0 Å². The molecule has 0 aromatic carbocycles. The van der Waals surface area contributed by atoms with Crippen LogP contribution >= 0.6 is 22.6 Å². The molecule has 1 rings (SSSR count). The first-order valence-electron chi connectivity index (χ1n) is 3.92. The van der Waals surface area contributed by atoms with E-state index in [9.17, 15) is 22.0 Å². The fourth-order valence-corrected chi connectivity index (χ4v) is 1.95. The first-order chi connectivity index (χ1) is 7.29. The van der Waals surface area contributed by atoms with E-state index in [0.29, 0.717) is 6.20 Å². The van der Waals surface area contributed by atoms with Gasteiger partial charge in [0.1, 0.15) is 3.70 Å². The lowest BCUT2D eigenvalue weighted by molar-refractivity contribution is -0.139. The SMILES string of the molecule is OCc1c(C(F)F)cnc(I)c1C(F)(F)F. The highest BCUT2D eigenvalue weighted by molar-refractivity contribution is 14.1. The zero-order valence-electron chi connectivity index (χ0n) is 7.52. The minimum atomic E-state index is -4.81. The van der Waals surface area contributed by atoms with Crippen LogP contribution < -0.4 is 0 Å². The van der Waals surface area contributed by atoms with Crippen LogP contribution in [-0.2, 0) is 12.8 Å². The number of aliphatic hydroxyl groups excluding tert-OH is 1. The molecule has 0 fully saturated rings. The Morgan fingerprint density at radius 1 is 1.38 bits per heavy atom. The summed E-state index contributed by atoms with van der Waals surface area (Å²) in [5, 5.41) is 8.77. The lowest BCUT2D eigenvalue weighted by Crippen LogP contribution is -2.15. The van der Waals surface area contributed by atoms with Gasteiger partial charge < -0.3 is 5.11 Å². The van der Waals surface area contributed by atoms with Gasteiger partial charge in [0.05, 0.1) is 12.2 Å². The molecular formula is C8H5F5INO. The predicted octanol–water partition coefficient (Wildman–Crippen LogP) is 3.13. The Balaban J connectivity index is 3.51. The molecule has 0 bridgehead atoms. The molecule has 1 aromatic rings. The molecule has 0 spiro atoms. The monoisotopic (exact) mass is 353 g/mol. The third kappa shape index (κ3) is 2.59. The number of halogens is 6. The quantitative estimate of drug-likeness (QED) is 0.504. The molecule has 0 atom stereocenters. The second-order valence-corrected chi connectivity index (χ2v) is 3.84. The van der Waals surface area contributed by atoms with Crippen molar-refractivity contribution in [1.29, 1.82) is 0 Å². The van der Waals surface area contributed by atoms with E-state index < -0.39 is 39.6 Å². The van der Waals surface area contributed by atoms with Crippen molar-refractivity contribution in [1.82, 2.24) is 4.98 Å². The summed E-state index contributed by atoms with van der Waals surface area (Å²) in [6.07, 6.45) is -7.27. The maximum absolute atomic E-state index is 12.5. The summed E-state index contributed by atoms with van der Waals surface area (Å²) in [4.78, 5) is 3.25. The van der Waals surface area contributed by atoms with Crippen LogP contribution in [0.3, 0.4) is 0 Å². The summed E-state index contributed by atoms with van der Waals surface area (Å²) < 4.78 is 61.9. The number of aliphatic hydroxyl groups is 1. The van der Waals surface area contributed by atoms with Crippen LogP contribution in [-0.4, -0.2) is 10.1 Å². The first kappa shape index (κ1) is 13.6. The number of aromatic nitrogens is 1. The van der Waals surface area contributed by atoms with Crippen molar-refractivity contribution in [3.63, 3.8) is 0 Å². The van der Waals surface area contributed by atoms with Gasteiger partial charge in [-0.3, -0.25) is 0 Å². The molecule has 2 nitrogen and oxygen atoms in total. The number of hydrogen-bond donors (Lipinski definition) is 1. The van der Waals surface area contributed by atoms with Crippen molar-refractivity contribution < 1.29 is 27.1 Å². The Kier molecular flexibility index (Phi) is 4.05. The summed E-state index contributed by atoms with van der Waals surface area (Å²) in [5.74, 6) is 0. The number of hydrogen-bond acceptors (Lipinski definition) is 2. The maximum Gasteiger partial charge on any atom is 0.419 e. The van der Waals surface area contributed by atoms with Gasteiger partial charge in [0, 0.05) is 17.3 Å². The van der Waals surface area contributed by atoms with Gasteiger partial charge in [-0.1, -0.05) is 0 Å². The van der Waals surface area contributed by atoms with E-state index in [-0.39, 0.29) is 0 Å². The van der Waals surface area contributed by atoms with Gasteiger partial charge in [-0.15, -0.1) is 0 Å². The largest absolute Gasteiger partial charge is 0.419 e. The first-order valence-corrected chi connectivity index (χ1v) is 5.00. The molecule has 0 aliphatic heterocycles. The van der Waals surface area contributed by atoms with Gasteiger partial charge in [-0.25, -0.2) is 13.8 Å². The molecule has 0 unspecified atom stereocenters. The normalized spacial score (nSPS) is 12.2. The summed E-state index contributed by atoms with van der Waals surface area (Å²) in [5.41, 5.74) is -3.01. The molecule has 1 heterocycles. The Labute approximate surface area is 101 Å². The van der Waals surface area contributed by atoms with Crippen LogP contribution in [0, 0.1) is 3.70 Å². The van der Waals surface area contributed by atoms with Crippen LogP contribution in [0.25, 0.3) is 0 Å². The Morgan fingerprint density at radius 3 is 2.31 bits per heavy atom. The van der Waals surface area contributed by atoms with E-state index in [0.717, 1.165) is 0 Å². The average Bonchev–Trinajstić information content (AvgIpc) is 2.14. The third-order valence-electron chi connectivity index (χ3n) is 1.85. The molecule has 0 saturated carbocycles. The van der Waals surface area contributed by atoms with E-state index in [4.69, 9.17) is 5.11 Å². The minimum Gasteiger partial charge on any atom is -0.392 e. The fraction of sp³-hybridized carbons (Fsp3) is 0.375. The molecule has 0 aliphatic carbocycles. The minimum absolute atomic E-state index is 0.460. The van der Waals surface area contributed by atoms with E-state index in [1.165, 1.54) is 22.6 Å². The van der Waals surface area contributed by atoms with Gasteiger partial charge in [0.25, 0.3) is 6.43 Å². The lowest BCUT2D eigenvalue weighted by atomic mass is 10.1. The predicted molar refractivity (Wildman–Crippen MR) is 52.8 cm³/mol. The van der Waals surface area contributed by atoms with Crippen molar-refractivity contribution in [2.45, 2.75) is 19.2 Å². The summed E-state index contributed by atoms with van der Waals surface area (Å²) >= 11 is 1.29. The topological polar surface area (TPSA) is 33.1 Å². The van der Waals surface area contributed by atoms with Gasteiger partial charge in [-0.05, 0) is 22.6 Å². The number of rotatable bonds is 2. The second-order valence-electron chi connectivity index (χ2n) is 2.81.